The third-order valence-electron chi connectivity index (χ3n) is 5.66. The lowest BCUT2D eigenvalue weighted by molar-refractivity contribution is 0.0547. The lowest BCUT2D eigenvalue weighted by atomic mass is 9.96. The van der Waals surface area contributed by atoms with E-state index in [2.05, 4.69) is 22.0 Å². The molecular formula is C24H21N5O5. The van der Waals surface area contributed by atoms with Gasteiger partial charge in [-0.25, -0.2) is 4.68 Å². The van der Waals surface area contributed by atoms with E-state index in [1.54, 1.807) is 21.9 Å². The van der Waals surface area contributed by atoms with Crippen molar-refractivity contribution in [2.24, 2.45) is 0 Å². The average molecular weight is 459 g/mol. The van der Waals surface area contributed by atoms with E-state index in [9.17, 15) is 14.7 Å². The van der Waals surface area contributed by atoms with E-state index in [-0.39, 0.29) is 29.5 Å². The van der Waals surface area contributed by atoms with Crippen LogP contribution in [0.4, 0.5) is 0 Å². The summed E-state index contributed by atoms with van der Waals surface area (Å²) in [4.78, 5) is 26.8. The Kier molecular flexibility index (Phi) is 5.98. The normalized spacial score (nSPS) is 15.7. The van der Waals surface area contributed by atoms with Gasteiger partial charge >= 0.3 is 0 Å². The lowest BCUT2D eigenvalue weighted by Gasteiger charge is -2.40. The number of hydrogen-bond acceptors (Lipinski definition) is 7. The zero-order valence-corrected chi connectivity index (χ0v) is 18.4. The lowest BCUT2D eigenvalue weighted by Crippen LogP contribution is -2.50. The second-order valence-electron chi connectivity index (χ2n) is 7.97. The molecule has 2 atom stereocenters. The minimum atomic E-state index is -0.750. The van der Waals surface area contributed by atoms with Crippen LogP contribution in [0.3, 0.4) is 0 Å². The Morgan fingerprint density at radius 3 is 2.44 bits per heavy atom. The number of benzene rings is 1. The number of carbonyl (C=O) groups is 1. The van der Waals surface area contributed by atoms with Gasteiger partial charge in [-0.15, -0.1) is 0 Å². The van der Waals surface area contributed by atoms with E-state index >= 15 is 0 Å². The van der Waals surface area contributed by atoms with Gasteiger partial charge < -0.3 is 20.2 Å². The molecule has 0 bridgehead atoms. The fraction of sp³-hybridized carbons (Fsp3) is 0.250. The van der Waals surface area contributed by atoms with Crippen molar-refractivity contribution in [3.63, 3.8) is 0 Å². The number of aliphatic hydroxyl groups excluding tert-OH is 2. The molecule has 34 heavy (non-hydrogen) atoms. The third-order valence-corrected chi connectivity index (χ3v) is 5.66. The molecule has 0 radical (unpaired) electrons. The fourth-order valence-corrected chi connectivity index (χ4v) is 4.12. The highest BCUT2D eigenvalue weighted by atomic mass is 16.3. The highest BCUT2D eigenvalue weighted by Gasteiger charge is 2.41. The number of aromatic hydroxyl groups is 1. The number of aromatic nitrogens is 4. The maximum atomic E-state index is 13.2. The summed E-state index contributed by atoms with van der Waals surface area (Å²) < 4.78 is 2.92. The van der Waals surface area contributed by atoms with Crippen LogP contribution in [-0.4, -0.2) is 58.3 Å². The minimum absolute atomic E-state index is 0.147. The molecule has 0 fully saturated rings. The molecular weight excluding hydrogens is 438 g/mol. The first-order valence-corrected chi connectivity index (χ1v) is 10.4. The Bertz CT molecular complexity index is 1380. The molecule has 1 aromatic carbocycles. The third kappa shape index (κ3) is 3.82. The number of nitrogens with zero attached hydrogens (tertiary/aromatic N) is 5. The first-order chi connectivity index (χ1) is 16.4. The van der Waals surface area contributed by atoms with Crippen molar-refractivity contribution >= 4 is 5.91 Å². The number of aliphatic hydroxyl groups is 2. The van der Waals surface area contributed by atoms with Gasteiger partial charge in [-0.2, -0.15) is 10.2 Å². The summed E-state index contributed by atoms with van der Waals surface area (Å²) in [6, 6.07) is 7.90. The van der Waals surface area contributed by atoms with Crippen molar-refractivity contribution < 1.29 is 20.1 Å². The quantitative estimate of drug-likeness (QED) is 0.499. The van der Waals surface area contributed by atoms with E-state index in [1.807, 2.05) is 50.3 Å². The average Bonchev–Trinajstić information content (AvgIpc) is 3.20. The van der Waals surface area contributed by atoms with Gasteiger partial charge in [-0.3, -0.25) is 14.3 Å². The monoisotopic (exact) mass is 459 g/mol. The van der Waals surface area contributed by atoms with Crippen LogP contribution in [-0.2, 0) is 0 Å². The summed E-state index contributed by atoms with van der Waals surface area (Å²) in [5.74, 6) is 3.79. The Morgan fingerprint density at radius 2 is 1.79 bits per heavy atom. The largest absolute Gasteiger partial charge is 0.502 e. The zero-order chi connectivity index (χ0) is 24.4. The maximum absolute atomic E-state index is 13.2. The van der Waals surface area contributed by atoms with E-state index in [4.69, 9.17) is 10.2 Å². The molecule has 0 aliphatic carbocycles. The number of fused-ring (bicyclic) bond motifs is 1. The second-order valence-corrected chi connectivity index (χ2v) is 7.97. The van der Waals surface area contributed by atoms with Gasteiger partial charge in [0.2, 0.25) is 5.43 Å². The second kappa shape index (κ2) is 9.04. The zero-order valence-electron chi connectivity index (χ0n) is 18.4. The summed E-state index contributed by atoms with van der Waals surface area (Å²) in [6.07, 6.45) is 6.16. The Labute approximate surface area is 194 Å². The molecule has 1 aliphatic heterocycles. The molecule has 3 heterocycles. The summed E-state index contributed by atoms with van der Waals surface area (Å²) in [6.45, 7) is 3.89. The highest BCUT2D eigenvalue weighted by Crippen LogP contribution is 2.36. The molecule has 1 aliphatic rings. The van der Waals surface area contributed by atoms with E-state index < -0.39 is 29.2 Å². The molecule has 0 saturated heterocycles. The summed E-state index contributed by atoms with van der Waals surface area (Å²) in [5, 5.41) is 37.4. The molecule has 4 rings (SSSR count). The van der Waals surface area contributed by atoms with Crippen LogP contribution in [0, 0.1) is 24.1 Å². The first-order valence-electron chi connectivity index (χ1n) is 10.4. The van der Waals surface area contributed by atoms with Gasteiger partial charge in [0.15, 0.2) is 17.1 Å². The molecule has 3 N–H and O–H groups in total. The van der Waals surface area contributed by atoms with Crippen molar-refractivity contribution in [3.8, 4) is 29.8 Å². The minimum Gasteiger partial charge on any atom is -0.502 e. The van der Waals surface area contributed by atoms with Crippen molar-refractivity contribution in [2.75, 3.05) is 6.54 Å². The summed E-state index contributed by atoms with van der Waals surface area (Å²) in [5.41, 5.74) is 0.282. The van der Waals surface area contributed by atoms with Crippen LogP contribution in [0.5, 0.6) is 5.75 Å². The molecule has 0 saturated carbocycles. The fourth-order valence-electron chi connectivity index (χ4n) is 4.12. The van der Waals surface area contributed by atoms with Gasteiger partial charge in [0, 0.05) is 18.8 Å². The van der Waals surface area contributed by atoms with Gasteiger partial charge in [-0.1, -0.05) is 30.3 Å². The Morgan fingerprint density at radius 1 is 1.09 bits per heavy atom. The molecule has 10 heteroatoms. The molecule has 3 aromatic rings. The van der Waals surface area contributed by atoms with Crippen LogP contribution in [0.15, 0.2) is 47.5 Å². The van der Waals surface area contributed by atoms with Gasteiger partial charge in [0.1, 0.15) is 18.3 Å². The van der Waals surface area contributed by atoms with Gasteiger partial charge in [0.25, 0.3) is 5.91 Å². The van der Waals surface area contributed by atoms with Gasteiger partial charge in [-0.05, 0) is 31.3 Å². The van der Waals surface area contributed by atoms with Crippen LogP contribution in [0.25, 0.3) is 0 Å². The SMILES string of the molecule is CC(C)N1CC(C(c2ccccc2)n2cc(C#CO)c(C#CO)n2)n2ncc(=O)c(O)c2C1=O. The van der Waals surface area contributed by atoms with Crippen LogP contribution in [0.1, 0.15) is 53.2 Å². The number of carbonyl (C=O) groups excluding carboxylic acids is 1. The predicted molar refractivity (Wildman–Crippen MR) is 120 cm³/mol. The smallest absolute Gasteiger partial charge is 0.276 e. The molecule has 2 unspecified atom stereocenters. The number of amides is 1. The Balaban J connectivity index is 1.99. The Hall–Kier alpha value is -4.70. The molecule has 0 spiro atoms. The summed E-state index contributed by atoms with van der Waals surface area (Å²) in [7, 11) is 0. The molecule has 1 amide bonds. The van der Waals surface area contributed by atoms with Crippen LogP contribution >= 0.6 is 0 Å². The summed E-state index contributed by atoms with van der Waals surface area (Å²) >= 11 is 0. The van der Waals surface area contributed by atoms with E-state index in [1.165, 1.54) is 4.68 Å². The van der Waals surface area contributed by atoms with E-state index in [0.29, 0.717) is 0 Å². The highest BCUT2D eigenvalue weighted by molar-refractivity contribution is 5.95. The predicted octanol–water partition coefficient (Wildman–Crippen LogP) is 1.20. The van der Waals surface area contributed by atoms with Crippen molar-refractivity contribution in [3.05, 3.63) is 75.5 Å². The van der Waals surface area contributed by atoms with Crippen molar-refractivity contribution in [1.29, 1.82) is 0 Å². The topological polar surface area (TPSA) is 134 Å². The standard InChI is InChI=1S/C24H21N5O5/c1-15(2)27-14-19(29-22(24(27)34)23(33)20(32)12-25-29)21(16-6-4-3-5-7-16)28-13-17(8-10-30)18(26-28)9-11-31/h3-7,12-13,15,19,21,30-31,33H,14H2,1-2H3. The van der Waals surface area contributed by atoms with Gasteiger partial charge in [0.05, 0.1) is 17.8 Å². The molecule has 2 aromatic heterocycles. The van der Waals surface area contributed by atoms with Crippen molar-refractivity contribution in [1.82, 2.24) is 24.5 Å². The van der Waals surface area contributed by atoms with E-state index in [0.717, 1.165) is 11.8 Å². The van der Waals surface area contributed by atoms with Crippen LogP contribution in [0.2, 0.25) is 0 Å². The molecule has 172 valence electrons. The van der Waals surface area contributed by atoms with Crippen molar-refractivity contribution in [2.45, 2.75) is 32.0 Å². The maximum Gasteiger partial charge on any atom is 0.276 e. The number of rotatable bonds is 4. The first kappa shape index (κ1) is 22.5. The number of hydrogen-bond donors (Lipinski definition) is 3. The van der Waals surface area contributed by atoms with Crippen LogP contribution < -0.4 is 5.43 Å². The molecule has 10 nitrogen and oxygen atoms in total.